The molecule has 1 saturated carbocycles. The molecule has 1 saturated heterocycles. The molecule has 0 atom stereocenters. The van der Waals surface area contributed by atoms with Gasteiger partial charge in [0.25, 0.3) is 0 Å². The first kappa shape index (κ1) is 19.1. The van der Waals surface area contributed by atoms with E-state index < -0.39 is 0 Å². The monoisotopic (exact) mass is 358 g/mol. The molecule has 0 bridgehead atoms. The molecule has 26 heavy (non-hydrogen) atoms. The van der Waals surface area contributed by atoms with Gasteiger partial charge in [0.1, 0.15) is 11.6 Å². The Bertz CT molecular complexity index is 602. The van der Waals surface area contributed by atoms with Gasteiger partial charge in [-0.25, -0.2) is 9.97 Å². The van der Waals surface area contributed by atoms with Gasteiger partial charge < -0.3 is 9.80 Å². The molecule has 0 unspecified atom stereocenters. The van der Waals surface area contributed by atoms with Crippen molar-refractivity contribution in [1.82, 2.24) is 14.9 Å². The Morgan fingerprint density at radius 3 is 2.46 bits per heavy atom. The molecule has 1 amide bonds. The lowest BCUT2D eigenvalue weighted by Crippen LogP contribution is -2.49. The molecule has 144 valence electrons. The van der Waals surface area contributed by atoms with E-state index in [0.717, 1.165) is 62.3 Å². The predicted molar refractivity (Wildman–Crippen MR) is 105 cm³/mol. The maximum absolute atomic E-state index is 12.6. The van der Waals surface area contributed by atoms with Gasteiger partial charge in [0.2, 0.25) is 5.91 Å². The summed E-state index contributed by atoms with van der Waals surface area (Å²) < 4.78 is 0. The van der Waals surface area contributed by atoms with Crippen LogP contribution in [0.3, 0.4) is 0 Å². The van der Waals surface area contributed by atoms with Gasteiger partial charge in [-0.1, -0.05) is 46.0 Å². The minimum absolute atomic E-state index is 0.330. The Morgan fingerprint density at radius 1 is 1.12 bits per heavy atom. The van der Waals surface area contributed by atoms with E-state index in [-0.39, 0.29) is 0 Å². The molecule has 1 aromatic rings. The number of hydrogen-bond acceptors (Lipinski definition) is 4. The van der Waals surface area contributed by atoms with Gasteiger partial charge in [-0.05, 0) is 19.3 Å². The van der Waals surface area contributed by atoms with Crippen LogP contribution in [0.1, 0.15) is 76.2 Å². The first-order chi connectivity index (χ1) is 12.5. The van der Waals surface area contributed by atoms with E-state index in [2.05, 4.69) is 34.7 Å². The zero-order chi connectivity index (χ0) is 18.5. The van der Waals surface area contributed by atoms with Crippen LogP contribution in [0.5, 0.6) is 0 Å². The highest BCUT2D eigenvalue weighted by atomic mass is 16.2. The third kappa shape index (κ3) is 4.95. The van der Waals surface area contributed by atoms with Gasteiger partial charge >= 0.3 is 0 Å². The highest BCUT2D eigenvalue weighted by molar-refractivity contribution is 5.76. The van der Waals surface area contributed by atoms with E-state index in [1.54, 1.807) is 0 Å². The summed E-state index contributed by atoms with van der Waals surface area (Å²) in [6.07, 6.45) is 8.56. The number of nitrogens with zero attached hydrogens (tertiary/aromatic N) is 4. The minimum Gasteiger partial charge on any atom is -0.353 e. The van der Waals surface area contributed by atoms with E-state index in [9.17, 15) is 4.79 Å². The summed E-state index contributed by atoms with van der Waals surface area (Å²) in [6, 6.07) is 2.06. The van der Waals surface area contributed by atoms with Gasteiger partial charge in [-0.3, -0.25) is 4.79 Å². The number of anilines is 1. The number of carbonyl (C=O) groups is 1. The summed E-state index contributed by atoms with van der Waals surface area (Å²) in [6.45, 7) is 9.63. The van der Waals surface area contributed by atoms with Crippen molar-refractivity contribution in [3.63, 3.8) is 0 Å². The van der Waals surface area contributed by atoms with Gasteiger partial charge in [0.15, 0.2) is 0 Å². The Hall–Kier alpha value is -1.65. The Balaban J connectivity index is 1.50. The molecule has 1 aliphatic carbocycles. The van der Waals surface area contributed by atoms with Crippen molar-refractivity contribution in [1.29, 1.82) is 0 Å². The fraction of sp³-hybridized carbons (Fsp3) is 0.762. The molecule has 3 rings (SSSR count). The SMILES string of the molecule is Cc1cc(N2CCN(C(=O)CCC3CCCCC3)CC2)nc(C(C)C)n1. The summed E-state index contributed by atoms with van der Waals surface area (Å²) in [5.41, 5.74) is 1.02. The van der Waals surface area contributed by atoms with Crippen LogP contribution >= 0.6 is 0 Å². The summed E-state index contributed by atoms with van der Waals surface area (Å²) in [5, 5.41) is 0. The molecular formula is C21H34N4O. The molecule has 2 aliphatic rings. The van der Waals surface area contributed by atoms with Crippen LogP contribution in [0.4, 0.5) is 5.82 Å². The number of hydrogen-bond donors (Lipinski definition) is 0. The van der Waals surface area contributed by atoms with E-state index in [1.165, 1.54) is 32.1 Å². The number of rotatable bonds is 5. The van der Waals surface area contributed by atoms with Crippen LogP contribution in [-0.2, 0) is 4.79 Å². The summed E-state index contributed by atoms with van der Waals surface area (Å²) in [4.78, 5) is 26.2. The van der Waals surface area contributed by atoms with Crippen LogP contribution in [0.2, 0.25) is 0 Å². The summed E-state index contributed by atoms with van der Waals surface area (Å²) in [5.74, 6) is 3.38. The number of amides is 1. The fourth-order valence-electron chi connectivity index (χ4n) is 4.14. The summed E-state index contributed by atoms with van der Waals surface area (Å²) >= 11 is 0. The van der Waals surface area contributed by atoms with Crippen molar-refractivity contribution in [3.8, 4) is 0 Å². The first-order valence-corrected chi connectivity index (χ1v) is 10.4. The molecular weight excluding hydrogens is 324 g/mol. The van der Waals surface area contributed by atoms with E-state index in [4.69, 9.17) is 4.98 Å². The van der Waals surface area contributed by atoms with Gasteiger partial charge in [0, 0.05) is 50.3 Å². The van der Waals surface area contributed by atoms with Crippen molar-refractivity contribution in [2.75, 3.05) is 31.1 Å². The van der Waals surface area contributed by atoms with Gasteiger partial charge in [0.05, 0.1) is 0 Å². The minimum atomic E-state index is 0.330. The highest BCUT2D eigenvalue weighted by Gasteiger charge is 2.23. The number of aromatic nitrogens is 2. The van der Waals surface area contributed by atoms with Crippen molar-refractivity contribution < 1.29 is 4.79 Å². The normalized spacial score (nSPS) is 19.2. The first-order valence-electron chi connectivity index (χ1n) is 10.4. The molecule has 5 heteroatoms. The molecule has 0 aromatic carbocycles. The molecule has 5 nitrogen and oxygen atoms in total. The number of piperazine rings is 1. The molecule has 2 fully saturated rings. The van der Waals surface area contributed by atoms with Crippen LogP contribution < -0.4 is 4.90 Å². The third-order valence-corrected chi connectivity index (χ3v) is 5.82. The topological polar surface area (TPSA) is 49.3 Å². The lowest BCUT2D eigenvalue weighted by atomic mass is 9.86. The van der Waals surface area contributed by atoms with Crippen molar-refractivity contribution >= 4 is 11.7 Å². The van der Waals surface area contributed by atoms with Crippen molar-refractivity contribution in [3.05, 3.63) is 17.6 Å². The van der Waals surface area contributed by atoms with E-state index in [0.29, 0.717) is 11.8 Å². The summed E-state index contributed by atoms with van der Waals surface area (Å²) in [7, 11) is 0. The van der Waals surface area contributed by atoms with Crippen molar-refractivity contribution in [2.45, 2.75) is 71.6 Å². The average Bonchev–Trinajstić information content (AvgIpc) is 2.66. The van der Waals surface area contributed by atoms with Crippen LogP contribution in [0.25, 0.3) is 0 Å². The molecule has 0 spiro atoms. The zero-order valence-corrected chi connectivity index (χ0v) is 16.7. The highest BCUT2D eigenvalue weighted by Crippen LogP contribution is 2.27. The Morgan fingerprint density at radius 2 is 1.81 bits per heavy atom. The molecule has 1 aliphatic heterocycles. The molecule has 1 aromatic heterocycles. The lowest BCUT2D eigenvalue weighted by molar-refractivity contribution is -0.131. The van der Waals surface area contributed by atoms with Crippen LogP contribution in [0.15, 0.2) is 6.07 Å². The lowest BCUT2D eigenvalue weighted by Gasteiger charge is -2.36. The van der Waals surface area contributed by atoms with E-state index in [1.807, 2.05) is 6.92 Å². The quantitative estimate of drug-likeness (QED) is 0.800. The Kier molecular flexibility index (Phi) is 6.49. The van der Waals surface area contributed by atoms with Crippen molar-refractivity contribution in [2.24, 2.45) is 5.92 Å². The zero-order valence-electron chi connectivity index (χ0n) is 16.7. The van der Waals surface area contributed by atoms with Crippen LogP contribution in [-0.4, -0.2) is 47.0 Å². The third-order valence-electron chi connectivity index (χ3n) is 5.82. The molecule has 0 N–H and O–H groups in total. The molecule has 0 radical (unpaired) electrons. The maximum atomic E-state index is 12.6. The molecule has 2 heterocycles. The standard InChI is InChI=1S/C21H34N4O/c1-16(2)21-22-17(3)15-19(23-21)24-11-13-25(14-12-24)20(26)10-9-18-7-5-4-6-8-18/h15-16,18H,4-14H2,1-3H3. The second-order valence-corrected chi connectivity index (χ2v) is 8.29. The van der Waals surface area contributed by atoms with Gasteiger partial charge in [-0.2, -0.15) is 0 Å². The number of aryl methyl sites for hydroxylation is 1. The second kappa shape index (κ2) is 8.83. The average molecular weight is 359 g/mol. The van der Waals surface area contributed by atoms with Crippen LogP contribution in [0, 0.1) is 12.8 Å². The largest absolute Gasteiger partial charge is 0.353 e. The Labute approximate surface area is 158 Å². The van der Waals surface area contributed by atoms with Gasteiger partial charge in [-0.15, -0.1) is 0 Å². The van der Waals surface area contributed by atoms with E-state index >= 15 is 0 Å². The predicted octanol–water partition coefficient (Wildman–Crippen LogP) is 3.92. The second-order valence-electron chi connectivity index (χ2n) is 8.29. The maximum Gasteiger partial charge on any atom is 0.222 e. The fourth-order valence-corrected chi connectivity index (χ4v) is 4.14. The number of carbonyl (C=O) groups excluding carboxylic acids is 1. The smallest absolute Gasteiger partial charge is 0.222 e.